The minimum Gasteiger partial charge on any atom is -0.497 e. The van der Waals surface area contributed by atoms with E-state index in [1.165, 1.54) is 4.88 Å². The van der Waals surface area contributed by atoms with Crippen LogP contribution in [0.5, 0.6) is 5.75 Å². The van der Waals surface area contributed by atoms with Gasteiger partial charge in [0.25, 0.3) is 0 Å². The van der Waals surface area contributed by atoms with Gasteiger partial charge < -0.3 is 20.5 Å². The third kappa shape index (κ3) is 7.13. The smallest absolute Gasteiger partial charge is 0.191 e. The topological polar surface area (TPSA) is 65.9 Å². The van der Waals surface area contributed by atoms with E-state index in [1.807, 2.05) is 31.2 Å². The first-order valence-electron chi connectivity index (χ1n) is 8.51. The molecule has 144 valence electrons. The van der Waals surface area contributed by atoms with Crippen LogP contribution in [0.4, 0.5) is 0 Å². The van der Waals surface area contributed by atoms with E-state index in [1.54, 1.807) is 18.4 Å². The van der Waals surface area contributed by atoms with Gasteiger partial charge in [0, 0.05) is 23.9 Å². The molecule has 0 radical (unpaired) electrons. The number of rotatable bonds is 8. The highest BCUT2D eigenvalue weighted by molar-refractivity contribution is 14.0. The number of nitrogens with zero attached hydrogens (tertiary/aromatic N) is 1. The first-order valence-corrected chi connectivity index (χ1v) is 9.39. The summed E-state index contributed by atoms with van der Waals surface area (Å²) in [5.41, 5.74) is 0.844. The number of benzene rings is 1. The number of aliphatic hydroxyl groups is 1. The molecule has 0 saturated carbocycles. The SMILES string of the molecule is CCNC(=NCC(C)c1cccs1)NCC(O)c1ccc(OC)cc1.I. The van der Waals surface area contributed by atoms with Crippen molar-refractivity contribution < 1.29 is 9.84 Å². The molecule has 1 aromatic heterocycles. The third-order valence-corrected chi connectivity index (χ3v) is 4.96. The van der Waals surface area contributed by atoms with E-state index >= 15 is 0 Å². The van der Waals surface area contributed by atoms with Crippen LogP contribution in [0.1, 0.15) is 36.3 Å². The second-order valence-corrected chi connectivity index (χ2v) is 6.79. The van der Waals surface area contributed by atoms with Crippen LogP contribution in [0.15, 0.2) is 46.8 Å². The Kier molecular flexibility index (Phi) is 10.6. The zero-order valence-corrected chi connectivity index (χ0v) is 18.6. The molecule has 3 N–H and O–H groups in total. The van der Waals surface area contributed by atoms with Gasteiger partial charge in [0.1, 0.15) is 5.75 Å². The minimum absolute atomic E-state index is 0. The monoisotopic (exact) mass is 489 g/mol. The zero-order valence-electron chi connectivity index (χ0n) is 15.4. The van der Waals surface area contributed by atoms with Gasteiger partial charge in [0.15, 0.2) is 5.96 Å². The highest BCUT2D eigenvalue weighted by Gasteiger charge is 2.10. The number of ether oxygens (including phenoxy) is 1. The molecule has 7 heteroatoms. The summed E-state index contributed by atoms with van der Waals surface area (Å²) in [5, 5.41) is 18.9. The average molecular weight is 489 g/mol. The Morgan fingerprint density at radius 1 is 1.23 bits per heavy atom. The van der Waals surface area contributed by atoms with Crippen molar-refractivity contribution in [3.05, 3.63) is 52.2 Å². The second kappa shape index (κ2) is 12.1. The lowest BCUT2D eigenvalue weighted by Crippen LogP contribution is -2.39. The Morgan fingerprint density at radius 2 is 1.96 bits per heavy atom. The first kappa shape index (κ1) is 22.7. The molecule has 0 bridgehead atoms. The van der Waals surface area contributed by atoms with Crippen molar-refractivity contribution in [2.75, 3.05) is 26.7 Å². The fraction of sp³-hybridized carbons (Fsp3) is 0.421. The standard InChI is InChI=1S/C19H27N3O2S.HI/c1-4-20-19(21-12-14(2)18-6-5-11-25-18)22-13-17(23)15-7-9-16(24-3)10-8-15;/h5-11,14,17,23H,4,12-13H2,1-3H3,(H2,20,21,22);1H. The number of nitrogens with one attached hydrogen (secondary N) is 2. The average Bonchev–Trinajstić information content (AvgIpc) is 3.18. The summed E-state index contributed by atoms with van der Waals surface area (Å²) in [5.74, 6) is 1.88. The quantitative estimate of drug-likeness (QED) is 0.300. The summed E-state index contributed by atoms with van der Waals surface area (Å²) in [4.78, 5) is 5.96. The Morgan fingerprint density at radius 3 is 2.54 bits per heavy atom. The van der Waals surface area contributed by atoms with Crippen molar-refractivity contribution in [3.63, 3.8) is 0 Å². The predicted octanol–water partition coefficient (Wildman–Crippen LogP) is 3.77. The Balaban J connectivity index is 0.00000338. The van der Waals surface area contributed by atoms with Crippen LogP contribution in [0.3, 0.4) is 0 Å². The van der Waals surface area contributed by atoms with Gasteiger partial charge in [-0.3, -0.25) is 4.99 Å². The van der Waals surface area contributed by atoms with Gasteiger partial charge in [-0.15, -0.1) is 35.3 Å². The van der Waals surface area contributed by atoms with E-state index < -0.39 is 6.10 Å². The highest BCUT2D eigenvalue weighted by atomic mass is 127. The molecule has 0 aliphatic heterocycles. The molecular formula is C19H28IN3O2S. The highest BCUT2D eigenvalue weighted by Crippen LogP contribution is 2.20. The fourth-order valence-corrected chi connectivity index (χ4v) is 3.15. The summed E-state index contributed by atoms with van der Waals surface area (Å²) >= 11 is 1.75. The van der Waals surface area contributed by atoms with Crippen LogP contribution in [0.2, 0.25) is 0 Å². The molecule has 0 spiro atoms. The van der Waals surface area contributed by atoms with Gasteiger partial charge in [-0.05, 0) is 36.1 Å². The molecule has 1 heterocycles. The van der Waals surface area contributed by atoms with Crippen molar-refractivity contribution in [2.24, 2.45) is 4.99 Å². The van der Waals surface area contributed by atoms with Crippen LogP contribution in [-0.4, -0.2) is 37.8 Å². The second-order valence-electron chi connectivity index (χ2n) is 5.81. The third-order valence-electron chi connectivity index (χ3n) is 3.86. The lowest BCUT2D eigenvalue weighted by Gasteiger charge is -2.16. The Hall–Kier alpha value is -1.32. The lowest BCUT2D eigenvalue weighted by atomic mass is 10.1. The van der Waals surface area contributed by atoms with Crippen molar-refractivity contribution in [2.45, 2.75) is 25.9 Å². The summed E-state index contributed by atoms with van der Waals surface area (Å²) in [6.45, 7) is 6.07. The van der Waals surface area contributed by atoms with Crippen molar-refractivity contribution >= 4 is 41.3 Å². The molecule has 0 amide bonds. The predicted molar refractivity (Wildman–Crippen MR) is 120 cm³/mol. The maximum atomic E-state index is 10.3. The number of aliphatic hydroxyl groups excluding tert-OH is 1. The largest absolute Gasteiger partial charge is 0.497 e. The molecule has 0 saturated heterocycles. The molecule has 0 aliphatic rings. The normalized spacial score (nSPS) is 13.5. The van der Waals surface area contributed by atoms with E-state index in [0.717, 1.165) is 23.8 Å². The summed E-state index contributed by atoms with van der Waals surface area (Å²) in [6, 6.07) is 11.6. The van der Waals surface area contributed by atoms with E-state index in [2.05, 4.69) is 40.1 Å². The number of hydrogen-bond donors (Lipinski definition) is 3. The van der Waals surface area contributed by atoms with E-state index in [-0.39, 0.29) is 24.0 Å². The van der Waals surface area contributed by atoms with Crippen LogP contribution in [0.25, 0.3) is 0 Å². The fourth-order valence-electron chi connectivity index (χ4n) is 2.37. The zero-order chi connectivity index (χ0) is 18.1. The minimum atomic E-state index is -0.607. The van der Waals surface area contributed by atoms with Crippen molar-refractivity contribution in [3.8, 4) is 5.75 Å². The molecule has 2 aromatic rings. The Labute approximate surface area is 176 Å². The van der Waals surface area contributed by atoms with Crippen molar-refractivity contribution in [1.82, 2.24) is 10.6 Å². The summed E-state index contributed by atoms with van der Waals surface area (Å²) in [7, 11) is 1.63. The molecular weight excluding hydrogens is 461 g/mol. The molecule has 2 rings (SSSR count). The van der Waals surface area contributed by atoms with Crippen LogP contribution < -0.4 is 15.4 Å². The molecule has 1 aromatic carbocycles. The van der Waals surface area contributed by atoms with E-state index in [4.69, 9.17) is 4.74 Å². The molecule has 0 fully saturated rings. The number of halogens is 1. The van der Waals surface area contributed by atoms with Gasteiger partial charge in [-0.25, -0.2) is 0 Å². The number of hydrogen-bond acceptors (Lipinski definition) is 4. The van der Waals surface area contributed by atoms with Gasteiger partial charge in [0.05, 0.1) is 19.8 Å². The summed E-state index contributed by atoms with van der Waals surface area (Å²) in [6.07, 6.45) is -0.607. The maximum absolute atomic E-state index is 10.3. The van der Waals surface area contributed by atoms with E-state index in [9.17, 15) is 5.11 Å². The van der Waals surface area contributed by atoms with Crippen LogP contribution >= 0.6 is 35.3 Å². The maximum Gasteiger partial charge on any atom is 0.191 e. The van der Waals surface area contributed by atoms with Gasteiger partial charge in [-0.2, -0.15) is 0 Å². The molecule has 0 aliphatic carbocycles. The van der Waals surface area contributed by atoms with Gasteiger partial charge >= 0.3 is 0 Å². The number of guanidine groups is 1. The van der Waals surface area contributed by atoms with E-state index in [0.29, 0.717) is 19.0 Å². The first-order chi connectivity index (χ1) is 12.1. The lowest BCUT2D eigenvalue weighted by molar-refractivity contribution is 0.180. The van der Waals surface area contributed by atoms with Gasteiger partial charge in [0.2, 0.25) is 0 Å². The van der Waals surface area contributed by atoms with Crippen LogP contribution in [0, 0.1) is 0 Å². The Bertz CT molecular complexity index is 647. The molecule has 5 nitrogen and oxygen atoms in total. The number of aliphatic imine (C=N–C) groups is 1. The number of methoxy groups -OCH3 is 1. The molecule has 2 atom stereocenters. The molecule has 26 heavy (non-hydrogen) atoms. The number of thiophene rings is 1. The van der Waals surface area contributed by atoms with Crippen LogP contribution in [-0.2, 0) is 0 Å². The molecule has 2 unspecified atom stereocenters. The van der Waals surface area contributed by atoms with Crippen molar-refractivity contribution in [1.29, 1.82) is 0 Å². The summed E-state index contributed by atoms with van der Waals surface area (Å²) < 4.78 is 5.14. The van der Waals surface area contributed by atoms with Gasteiger partial charge in [-0.1, -0.05) is 25.1 Å².